The fraction of sp³-hybridized carbons (Fsp3) is 0.657. The van der Waals surface area contributed by atoms with Gasteiger partial charge in [-0.05, 0) is 18.6 Å². The van der Waals surface area contributed by atoms with E-state index in [1.165, 1.54) is 20.8 Å². The Hall–Kier alpha value is -3.80. The van der Waals surface area contributed by atoms with Crippen LogP contribution < -0.4 is 0 Å². The lowest BCUT2D eigenvalue weighted by Gasteiger charge is -2.62. The van der Waals surface area contributed by atoms with Crippen LogP contribution in [0.2, 0.25) is 0 Å². The third-order valence-corrected chi connectivity index (χ3v) is 11.6. The van der Waals surface area contributed by atoms with E-state index in [9.17, 15) is 33.9 Å². The van der Waals surface area contributed by atoms with Gasteiger partial charge in [-0.1, -0.05) is 52.8 Å². The molecule has 0 heterocycles. The molecule has 4 aliphatic rings. The van der Waals surface area contributed by atoms with Gasteiger partial charge in [0, 0.05) is 62.2 Å². The van der Waals surface area contributed by atoms with Crippen molar-refractivity contribution < 1.29 is 57.6 Å². The second-order valence-corrected chi connectivity index (χ2v) is 14.9. The van der Waals surface area contributed by atoms with Crippen LogP contribution in [0.25, 0.3) is 0 Å². The van der Waals surface area contributed by atoms with Crippen molar-refractivity contribution in [3.05, 3.63) is 35.9 Å². The number of rotatable bonds is 6. The average Bonchev–Trinajstić information content (AvgIpc) is 3.37. The maximum absolute atomic E-state index is 14.3. The van der Waals surface area contributed by atoms with Crippen molar-refractivity contribution in [2.24, 2.45) is 34.0 Å². The van der Waals surface area contributed by atoms with Gasteiger partial charge in [0.25, 0.3) is 0 Å². The first kappa shape index (κ1) is 34.5. The molecule has 4 saturated carbocycles. The molecule has 11 unspecified atom stereocenters. The van der Waals surface area contributed by atoms with Crippen LogP contribution in [0.3, 0.4) is 0 Å². The van der Waals surface area contributed by atoms with E-state index in [4.69, 9.17) is 23.7 Å². The number of ether oxygens (including phenoxy) is 5. The predicted octanol–water partition coefficient (Wildman–Crippen LogP) is 3.35. The lowest BCUT2D eigenvalue weighted by molar-refractivity contribution is -0.300. The molecule has 1 N–H and O–H groups in total. The summed E-state index contributed by atoms with van der Waals surface area (Å²) in [6.45, 7) is 13.3. The maximum Gasteiger partial charge on any atom is 0.338 e. The van der Waals surface area contributed by atoms with E-state index in [-0.39, 0.29) is 24.2 Å². The zero-order valence-electron chi connectivity index (χ0n) is 28.3. The van der Waals surface area contributed by atoms with Crippen molar-refractivity contribution in [2.75, 3.05) is 0 Å². The molecule has 1 aromatic rings. The highest BCUT2D eigenvalue weighted by atomic mass is 16.6. The molecule has 47 heavy (non-hydrogen) atoms. The Labute approximate surface area is 273 Å². The van der Waals surface area contributed by atoms with Crippen molar-refractivity contribution in [1.82, 2.24) is 0 Å². The van der Waals surface area contributed by atoms with E-state index in [1.807, 2.05) is 0 Å². The van der Waals surface area contributed by atoms with E-state index in [2.05, 4.69) is 0 Å². The standard InChI is InChI=1S/C35H44O12/c1-17-25(46-28(40)22-13-11-10-12-14-22)24-27(44-19(3)37)32(8)16-34(47-21(5)39)23(15-31(6,7)29(34)41)33(32,9)30(45-20(4)38)35(24,42)26(17)43-18(2)36/h10-14,17,23-27,30,42H,15-16H2,1-9H3. The quantitative estimate of drug-likeness (QED) is 0.351. The summed E-state index contributed by atoms with van der Waals surface area (Å²) in [5.41, 5.74) is -7.57. The fourth-order valence-electron chi connectivity index (χ4n) is 9.91. The van der Waals surface area contributed by atoms with Gasteiger partial charge in [-0.2, -0.15) is 0 Å². The summed E-state index contributed by atoms with van der Waals surface area (Å²) in [6.07, 6.45) is -5.43. The number of esters is 5. The maximum atomic E-state index is 14.3. The second-order valence-electron chi connectivity index (χ2n) is 14.9. The van der Waals surface area contributed by atoms with Gasteiger partial charge in [0.15, 0.2) is 11.4 Å². The van der Waals surface area contributed by atoms with Crippen LogP contribution in [0, 0.1) is 34.0 Å². The molecule has 0 radical (unpaired) electrons. The molecule has 0 bridgehead atoms. The van der Waals surface area contributed by atoms with Crippen molar-refractivity contribution >= 4 is 35.6 Å². The summed E-state index contributed by atoms with van der Waals surface area (Å²) in [7, 11) is 0. The molecule has 0 spiro atoms. The number of hydrogen-bond donors (Lipinski definition) is 1. The topological polar surface area (TPSA) is 169 Å². The normalized spacial score (nSPS) is 41.1. The van der Waals surface area contributed by atoms with Gasteiger partial charge < -0.3 is 28.8 Å². The number of fused-ring (bicyclic) bond motifs is 4. The zero-order chi connectivity index (χ0) is 35.1. The molecular formula is C35H44O12. The number of ketones is 1. The molecule has 5 rings (SSSR count). The third-order valence-electron chi connectivity index (χ3n) is 11.6. The van der Waals surface area contributed by atoms with Gasteiger partial charge >= 0.3 is 29.8 Å². The molecule has 0 amide bonds. The lowest BCUT2D eigenvalue weighted by Crippen LogP contribution is -2.75. The zero-order valence-corrected chi connectivity index (χ0v) is 28.3. The van der Waals surface area contributed by atoms with Gasteiger partial charge in [-0.25, -0.2) is 4.79 Å². The molecule has 0 aromatic heterocycles. The number of benzene rings is 1. The summed E-state index contributed by atoms with van der Waals surface area (Å²) >= 11 is 0. The Kier molecular flexibility index (Phi) is 8.18. The van der Waals surface area contributed by atoms with Gasteiger partial charge in [-0.3, -0.25) is 24.0 Å². The summed E-state index contributed by atoms with van der Waals surface area (Å²) in [6, 6.07) is 8.14. The Morgan fingerprint density at radius 1 is 0.787 bits per heavy atom. The number of carbonyl (C=O) groups is 6. The average molecular weight is 657 g/mol. The molecule has 0 aliphatic heterocycles. The Bertz CT molecular complexity index is 1520. The number of hydrogen-bond acceptors (Lipinski definition) is 12. The van der Waals surface area contributed by atoms with Crippen LogP contribution in [-0.4, -0.2) is 76.4 Å². The summed E-state index contributed by atoms with van der Waals surface area (Å²) in [5.74, 6) is -7.10. The highest BCUT2D eigenvalue weighted by Crippen LogP contribution is 2.77. The molecule has 12 nitrogen and oxygen atoms in total. The van der Waals surface area contributed by atoms with Crippen LogP contribution >= 0.6 is 0 Å². The third kappa shape index (κ3) is 4.80. The predicted molar refractivity (Wildman–Crippen MR) is 162 cm³/mol. The number of aliphatic hydroxyl groups is 1. The SMILES string of the molecule is CC(=O)OC1C(C)C(OC(=O)c2ccccc2)C2C(OC(C)=O)C3(C)CC4(OC(C)=O)C(=O)C(C)(C)CC4C3(C)C(OC(C)=O)C12O. The van der Waals surface area contributed by atoms with E-state index in [1.54, 1.807) is 65.0 Å². The van der Waals surface area contributed by atoms with Gasteiger partial charge in [0.2, 0.25) is 0 Å². The van der Waals surface area contributed by atoms with Crippen LogP contribution in [0.4, 0.5) is 0 Å². The lowest BCUT2D eigenvalue weighted by atomic mass is 9.47. The van der Waals surface area contributed by atoms with Crippen LogP contribution in [0.1, 0.15) is 85.5 Å². The Morgan fingerprint density at radius 2 is 1.34 bits per heavy atom. The summed E-state index contributed by atoms with van der Waals surface area (Å²) in [4.78, 5) is 79.1. The minimum atomic E-state index is -2.31. The highest BCUT2D eigenvalue weighted by molar-refractivity contribution is 5.97. The fourth-order valence-corrected chi connectivity index (χ4v) is 9.91. The molecule has 11 atom stereocenters. The first-order chi connectivity index (χ1) is 21.7. The molecule has 1 aromatic carbocycles. The molecule has 0 saturated heterocycles. The molecule has 4 fully saturated rings. The molecule has 12 heteroatoms. The molecular weight excluding hydrogens is 612 g/mol. The Balaban J connectivity index is 1.81. The van der Waals surface area contributed by atoms with E-state index in [0.717, 1.165) is 6.92 Å². The number of carbonyl (C=O) groups excluding carboxylic acids is 6. The summed E-state index contributed by atoms with van der Waals surface area (Å²) in [5, 5.41) is 13.2. The van der Waals surface area contributed by atoms with Crippen molar-refractivity contribution in [1.29, 1.82) is 0 Å². The largest absolute Gasteiger partial charge is 0.461 e. The van der Waals surface area contributed by atoms with Crippen molar-refractivity contribution in [2.45, 2.75) is 111 Å². The second kappa shape index (κ2) is 11.1. The monoisotopic (exact) mass is 656 g/mol. The van der Waals surface area contributed by atoms with Crippen LogP contribution in [0.15, 0.2) is 30.3 Å². The molecule has 4 aliphatic carbocycles. The van der Waals surface area contributed by atoms with E-state index < -0.39 is 99.5 Å². The first-order valence-electron chi connectivity index (χ1n) is 15.9. The minimum absolute atomic E-state index is 0.142. The molecule has 256 valence electrons. The minimum Gasteiger partial charge on any atom is -0.461 e. The Morgan fingerprint density at radius 3 is 1.87 bits per heavy atom. The van der Waals surface area contributed by atoms with Gasteiger partial charge in [0.05, 0.1) is 11.5 Å². The highest BCUT2D eigenvalue weighted by Gasteiger charge is 2.88. The summed E-state index contributed by atoms with van der Waals surface area (Å²) < 4.78 is 30.1. The van der Waals surface area contributed by atoms with Crippen molar-refractivity contribution in [3.63, 3.8) is 0 Å². The number of Topliss-reactive ketones (excluding diaryl/α,β-unsaturated/α-hetero) is 1. The van der Waals surface area contributed by atoms with Crippen LogP contribution in [-0.2, 0) is 47.7 Å². The van der Waals surface area contributed by atoms with E-state index in [0.29, 0.717) is 0 Å². The smallest absolute Gasteiger partial charge is 0.338 e. The van der Waals surface area contributed by atoms with Gasteiger partial charge in [-0.15, -0.1) is 0 Å². The van der Waals surface area contributed by atoms with E-state index >= 15 is 0 Å². The first-order valence-corrected chi connectivity index (χ1v) is 15.9. The van der Waals surface area contributed by atoms with Crippen LogP contribution in [0.5, 0.6) is 0 Å². The van der Waals surface area contributed by atoms with Gasteiger partial charge in [0.1, 0.15) is 30.0 Å². The van der Waals surface area contributed by atoms with Crippen molar-refractivity contribution in [3.8, 4) is 0 Å².